The number of nitrogens with zero attached hydrogens (tertiary/aromatic N) is 2. The van der Waals surface area contributed by atoms with Gasteiger partial charge in [-0.15, -0.1) is 0 Å². The molecule has 2 atom stereocenters. The van der Waals surface area contributed by atoms with E-state index in [1.54, 1.807) is 0 Å². The lowest BCUT2D eigenvalue weighted by atomic mass is 9.82. The van der Waals surface area contributed by atoms with Crippen LogP contribution in [-0.2, 0) is 6.54 Å². The molecule has 1 aliphatic rings. The summed E-state index contributed by atoms with van der Waals surface area (Å²) in [6, 6.07) is 2.72. The largest absolute Gasteiger partial charge is 0.311 e. The highest BCUT2D eigenvalue weighted by atomic mass is 15.3. The van der Waals surface area contributed by atoms with E-state index in [1.165, 1.54) is 31.4 Å². The molecule has 1 aromatic rings. The van der Waals surface area contributed by atoms with Crippen LogP contribution in [0.3, 0.4) is 0 Å². The number of rotatable bonds is 7. The van der Waals surface area contributed by atoms with E-state index in [1.807, 2.05) is 0 Å². The third-order valence-corrected chi connectivity index (χ3v) is 4.76. The number of hydrogen-bond acceptors (Lipinski definition) is 2. The topological polar surface area (TPSA) is 29.9 Å². The maximum Gasteiger partial charge on any atom is 0.0762 e. The Morgan fingerprint density at radius 1 is 1.35 bits per heavy atom. The van der Waals surface area contributed by atoms with Gasteiger partial charge in [-0.05, 0) is 50.1 Å². The molecule has 0 saturated heterocycles. The van der Waals surface area contributed by atoms with Gasteiger partial charge in [0.15, 0.2) is 0 Å². The third-order valence-electron chi connectivity index (χ3n) is 4.76. The van der Waals surface area contributed by atoms with Crippen molar-refractivity contribution in [3.63, 3.8) is 0 Å². The van der Waals surface area contributed by atoms with Crippen molar-refractivity contribution in [3.8, 4) is 0 Å². The molecule has 0 aromatic carbocycles. The van der Waals surface area contributed by atoms with Crippen molar-refractivity contribution in [2.45, 2.75) is 71.9 Å². The van der Waals surface area contributed by atoms with Crippen molar-refractivity contribution >= 4 is 0 Å². The van der Waals surface area contributed by atoms with Crippen LogP contribution in [0.2, 0.25) is 0 Å². The van der Waals surface area contributed by atoms with Crippen LogP contribution in [0.5, 0.6) is 0 Å². The summed E-state index contributed by atoms with van der Waals surface area (Å²) in [5, 5.41) is 8.31. The molecule has 2 rings (SSSR count). The highest BCUT2D eigenvalue weighted by molar-refractivity contribution is 4.99. The zero-order valence-corrected chi connectivity index (χ0v) is 13.4. The molecule has 0 spiro atoms. The van der Waals surface area contributed by atoms with Crippen LogP contribution in [0.15, 0.2) is 12.3 Å². The first kappa shape index (κ1) is 15.6. The third kappa shape index (κ3) is 4.34. The number of hydrogen-bond donors (Lipinski definition) is 1. The normalized spacial score (nSPS) is 23.4. The van der Waals surface area contributed by atoms with Crippen LogP contribution in [0.25, 0.3) is 0 Å². The maximum absolute atomic E-state index is 4.70. The predicted octanol–water partition coefficient (Wildman–Crippen LogP) is 4.16. The minimum atomic E-state index is 0.558. The summed E-state index contributed by atoms with van der Waals surface area (Å²) in [7, 11) is 0. The predicted molar refractivity (Wildman–Crippen MR) is 84.7 cm³/mol. The van der Waals surface area contributed by atoms with E-state index in [0.29, 0.717) is 6.04 Å². The minimum absolute atomic E-state index is 0.558. The first-order valence-corrected chi connectivity index (χ1v) is 8.47. The van der Waals surface area contributed by atoms with Crippen LogP contribution in [0.4, 0.5) is 0 Å². The monoisotopic (exact) mass is 277 g/mol. The second-order valence-corrected chi connectivity index (χ2v) is 6.53. The fourth-order valence-corrected chi connectivity index (χ4v) is 3.49. The van der Waals surface area contributed by atoms with Gasteiger partial charge in [0, 0.05) is 12.7 Å². The van der Waals surface area contributed by atoms with Crippen molar-refractivity contribution in [3.05, 3.63) is 18.0 Å². The molecule has 1 aromatic heterocycles. The zero-order chi connectivity index (χ0) is 14.4. The quantitative estimate of drug-likeness (QED) is 0.811. The maximum atomic E-state index is 4.70. The Labute approximate surface area is 124 Å². The molecule has 1 fully saturated rings. The van der Waals surface area contributed by atoms with Crippen molar-refractivity contribution in [1.29, 1.82) is 0 Å². The zero-order valence-electron chi connectivity index (χ0n) is 13.4. The highest BCUT2D eigenvalue weighted by Gasteiger charge is 2.18. The van der Waals surface area contributed by atoms with Crippen molar-refractivity contribution in [2.24, 2.45) is 11.8 Å². The van der Waals surface area contributed by atoms with E-state index in [4.69, 9.17) is 5.10 Å². The van der Waals surface area contributed by atoms with Gasteiger partial charge >= 0.3 is 0 Å². The van der Waals surface area contributed by atoms with E-state index >= 15 is 0 Å². The Balaban J connectivity index is 1.74. The molecule has 1 aliphatic carbocycles. The molecular weight excluding hydrogens is 246 g/mol. The molecule has 20 heavy (non-hydrogen) atoms. The van der Waals surface area contributed by atoms with Gasteiger partial charge < -0.3 is 5.32 Å². The summed E-state index contributed by atoms with van der Waals surface area (Å²) in [6.45, 7) is 8.93. The average molecular weight is 277 g/mol. The van der Waals surface area contributed by atoms with Gasteiger partial charge in [-0.3, -0.25) is 4.68 Å². The van der Waals surface area contributed by atoms with Gasteiger partial charge in [0.2, 0.25) is 0 Å². The molecule has 114 valence electrons. The fraction of sp³-hybridized carbons (Fsp3) is 0.824. The van der Waals surface area contributed by atoms with Crippen LogP contribution in [0.1, 0.15) is 71.0 Å². The molecule has 2 unspecified atom stereocenters. The van der Waals surface area contributed by atoms with E-state index in [2.05, 4.69) is 43.0 Å². The first-order chi connectivity index (χ1) is 9.72. The van der Waals surface area contributed by atoms with E-state index in [-0.39, 0.29) is 0 Å². The summed E-state index contributed by atoms with van der Waals surface area (Å²) in [5.74, 6) is 1.80. The smallest absolute Gasteiger partial charge is 0.0762 e. The Morgan fingerprint density at radius 3 is 2.85 bits per heavy atom. The Bertz CT molecular complexity index is 381. The molecule has 0 aliphatic heterocycles. The number of nitrogens with one attached hydrogen (secondary N) is 1. The van der Waals surface area contributed by atoms with Gasteiger partial charge in [-0.2, -0.15) is 5.10 Å². The first-order valence-electron chi connectivity index (χ1n) is 8.47. The Hall–Kier alpha value is -0.830. The molecule has 3 heteroatoms. The van der Waals surface area contributed by atoms with E-state index < -0.39 is 0 Å². The molecule has 0 radical (unpaired) electrons. The van der Waals surface area contributed by atoms with Crippen LogP contribution >= 0.6 is 0 Å². The lowest BCUT2D eigenvalue weighted by Crippen LogP contribution is -2.26. The van der Waals surface area contributed by atoms with Crippen molar-refractivity contribution in [2.75, 3.05) is 6.54 Å². The van der Waals surface area contributed by atoms with Gasteiger partial charge in [-0.25, -0.2) is 0 Å². The van der Waals surface area contributed by atoms with E-state index in [9.17, 15) is 0 Å². The van der Waals surface area contributed by atoms with Crippen LogP contribution in [-0.4, -0.2) is 16.3 Å². The minimum Gasteiger partial charge on any atom is -0.311 e. The van der Waals surface area contributed by atoms with Gasteiger partial charge in [-0.1, -0.05) is 33.6 Å². The fourth-order valence-electron chi connectivity index (χ4n) is 3.49. The molecule has 1 heterocycles. The summed E-state index contributed by atoms with van der Waals surface area (Å²) in [5.41, 5.74) is 1.18. The summed E-state index contributed by atoms with van der Waals surface area (Å²) >= 11 is 0. The molecule has 1 saturated carbocycles. The second kappa shape index (κ2) is 7.82. The molecule has 1 N–H and O–H groups in total. The van der Waals surface area contributed by atoms with Gasteiger partial charge in [0.1, 0.15) is 0 Å². The van der Waals surface area contributed by atoms with Gasteiger partial charge in [0.05, 0.1) is 11.7 Å². The summed E-state index contributed by atoms with van der Waals surface area (Å²) in [6.07, 6.45) is 10.1. The number of aromatic nitrogens is 2. The van der Waals surface area contributed by atoms with Crippen LogP contribution < -0.4 is 5.32 Å². The van der Waals surface area contributed by atoms with Crippen molar-refractivity contribution in [1.82, 2.24) is 15.1 Å². The van der Waals surface area contributed by atoms with Crippen LogP contribution in [0, 0.1) is 11.8 Å². The lowest BCUT2D eigenvalue weighted by molar-refractivity contribution is 0.273. The molecule has 3 nitrogen and oxygen atoms in total. The standard InChI is InChI=1S/C17H31N3/c1-4-17(5-2)20-10-9-16(19-20)13-18-12-15-8-6-7-14(3)11-15/h9-10,14-15,17-18H,4-8,11-13H2,1-3H3. The average Bonchev–Trinajstić information content (AvgIpc) is 2.89. The summed E-state index contributed by atoms with van der Waals surface area (Å²) in [4.78, 5) is 0. The molecule has 0 amide bonds. The lowest BCUT2D eigenvalue weighted by Gasteiger charge is -2.26. The van der Waals surface area contributed by atoms with Crippen molar-refractivity contribution < 1.29 is 0 Å². The second-order valence-electron chi connectivity index (χ2n) is 6.53. The Kier molecular flexibility index (Phi) is 6.08. The highest BCUT2D eigenvalue weighted by Crippen LogP contribution is 2.27. The molecular formula is C17H31N3. The van der Waals surface area contributed by atoms with Gasteiger partial charge in [0.25, 0.3) is 0 Å². The molecule has 0 bridgehead atoms. The summed E-state index contributed by atoms with van der Waals surface area (Å²) < 4.78 is 2.14. The van der Waals surface area contributed by atoms with E-state index in [0.717, 1.165) is 37.8 Å². The Morgan fingerprint density at radius 2 is 2.15 bits per heavy atom. The SMILES string of the molecule is CCC(CC)n1ccc(CNCC2CCCC(C)C2)n1.